The van der Waals surface area contributed by atoms with Gasteiger partial charge in [0.25, 0.3) is 0 Å². The molecule has 0 atom stereocenters. The van der Waals surface area contributed by atoms with E-state index in [0.717, 1.165) is 13.1 Å². The monoisotopic (exact) mass is 399 g/mol. The summed E-state index contributed by atoms with van der Waals surface area (Å²) in [7, 11) is -10.7. The molecule has 0 bridgehead atoms. The molecule has 0 aliphatic carbocycles. The van der Waals surface area contributed by atoms with Crippen LogP contribution in [0.25, 0.3) is 0 Å². The summed E-state index contributed by atoms with van der Waals surface area (Å²) in [5, 5.41) is 2.38. The first-order chi connectivity index (χ1) is 11.5. The summed E-state index contributed by atoms with van der Waals surface area (Å²) < 4.78 is 59.2. The molecule has 26 heavy (non-hydrogen) atoms. The van der Waals surface area contributed by atoms with E-state index >= 15 is 0 Å². The Morgan fingerprint density at radius 2 is 0.808 bits per heavy atom. The molecule has 0 heterocycles. The van der Waals surface area contributed by atoms with Crippen LogP contribution in [0.2, 0.25) is 0 Å². The predicted octanol–water partition coefficient (Wildman–Crippen LogP) is 6.57. The van der Waals surface area contributed by atoms with E-state index in [4.69, 9.17) is 0 Å². The van der Waals surface area contributed by atoms with Crippen LogP contribution in [-0.4, -0.2) is 0 Å². The first-order valence-electron chi connectivity index (χ1n) is 8.00. The Labute approximate surface area is 149 Å². The molecule has 0 aromatic heterocycles. The average Bonchev–Trinajstić information content (AvgIpc) is 2.32. The molecule has 0 aliphatic heterocycles. The third kappa shape index (κ3) is 12.7. The number of nitrogens with two attached hydrogens (primary N) is 1. The normalized spacial score (nSPS) is 14.1. The first-order valence-corrected chi connectivity index (χ1v) is 10.0. The van der Waals surface area contributed by atoms with Crippen molar-refractivity contribution >= 4 is 7.81 Å². The molecule has 8 heteroatoms. The van der Waals surface area contributed by atoms with Gasteiger partial charge in [-0.25, -0.2) is 0 Å². The molecule has 2 rings (SSSR count). The van der Waals surface area contributed by atoms with Crippen LogP contribution in [0, 0.1) is 27.7 Å². The van der Waals surface area contributed by atoms with E-state index in [1.54, 1.807) is 0 Å². The molecule has 0 saturated heterocycles. The van der Waals surface area contributed by atoms with E-state index < -0.39 is 7.81 Å². The van der Waals surface area contributed by atoms with Gasteiger partial charge in [-0.1, -0.05) is 58.7 Å². The number of quaternary nitrogens is 1. The summed E-state index contributed by atoms with van der Waals surface area (Å²) in [6, 6.07) is 13.6. The Morgan fingerprint density at radius 3 is 1.04 bits per heavy atom. The Balaban J connectivity index is 0.000000412. The van der Waals surface area contributed by atoms with Crippen LogP contribution in [-0.2, 0) is 13.1 Å². The van der Waals surface area contributed by atoms with Crippen molar-refractivity contribution in [3.05, 3.63) is 69.8 Å². The van der Waals surface area contributed by atoms with Crippen molar-refractivity contribution in [1.29, 1.82) is 0 Å². The molecule has 2 aromatic rings. The Morgan fingerprint density at radius 1 is 0.577 bits per heavy atom. The van der Waals surface area contributed by atoms with Gasteiger partial charge in [-0.05, 0) is 27.7 Å². The maximum absolute atomic E-state index is 10.7. The van der Waals surface area contributed by atoms with Crippen molar-refractivity contribution in [2.75, 3.05) is 0 Å². The van der Waals surface area contributed by atoms with E-state index in [0.29, 0.717) is 0 Å². The van der Waals surface area contributed by atoms with E-state index in [1.165, 1.54) is 33.4 Å². The summed E-state index contributed by atoms with van der Waals surface area (Å²) in [6.45, 7) is 10.8. The second kappa shape index (κ2) is 7.20. The van der Waals surface area contributed by atoms with Crippen LogP contribution >= 0.6 is 7.81 Å². The van der Waals surface area contributed by atoms with Gasteiger partial charge in [0, 0.05) is 11.1 Å². The molecule has 0 saturated carbocycles. The zero-order valence-electron chi connectivity index (χ0n) is 15.2. The molecule has 2 N–H and O–H groups in total. The fraction of sp³-hybridized carbons (Fsp3) is 0.333. The molecular formula is C18H24F6NP. The van der Waals surface area contributed by atoms with Crippen LogP contribution in [0.15, 0.2) is 36.4 Å². The molecule has 0 radical (unpaired) electrons. The molecular weight excluding hydrogens is 375 g/mol. The summed E-state index contributed by atoms with van der Waals surface area (Å²) in [5.74, 6) is 0. The predicted molar refractivity (Wildman–Crippen MR) is 94.7 cm³/mol. The molecule has 0 unspecified atom stereocenters. The molecule has 0 spiro atoms. The van der Waals surface area contributed by atoms with E-state index in [1.807, 2.05) is 0 Å². The zero-order chi connectivity index (χ0) is 20.2. The van der Waals surface area contributed by atoms with Crippen LogP contribution in [0.4, 0.5) is 25.2 Å². The Bertz CT molecular complexity index is 666. The van der Waals surface area contributed by atoms with Crippen LogP contribution in [0.5, 0.6) is 0 Å². The first kappa shape index (κ1) is 22.5. The van der Waals surface area contributed by atoms with Gasteiger partial charge in [0.05, 0.1) is 0 Å². The van der Waals surface area contributed by atoms with E-state index in [2.05, 4.69) is 69.4 Å². The molecule has 2 aromatic carbocycles. The number of aryl methyl sites for hydroxylation is 4. The average molecular weight is 399 g/mol. The van der Waals surface area contributed by atoms with Crippen molar-refractivity contribution in [1.82, 2.24) is 0 Å². The third-order valence-electron chi connectivity index (χ3n) is 3.32. The van der Waals surface area contributed by atoms with E-state index in [9.17, 15) is 25.2 Å². The fourth-order valence-electron chi connectivity index (χ4n) is 2.78. The summed E-state index contributed by atoms with van der Waals surface area (Å²) >= 11 is 0. The summed E-state index contributed by atoms with van der Waals surface area (Å²) in [5.41, 5.74) is 8.26. The SMILES string of the molecule is Cc1cc(C)cc(C[NH2+]Cc2cc(C)cc(C)c2)c1.F[P-](F)(F)(F)(F)F. The number of benzene rings is 2. The van der Waals surface area contributed by atoms with Gasteiger partial charge < -0.3 is 5.32 Å². The second-order valence-electron chi connectivity index (χ2n) is 6.65. The van der Waals surface area contributed by atoms with Crippen molar-refractivity contribution in [2.45, 2.75) is 40.8 Å². The van der Waals surface area contributed by atoms with Gasteiger partial charge in [-0.15, -0.1) is 0 Å². The van der Waals surface area contributed by atoms with Gasteiger partial charge in [0.2, 0.25) is 0 Å². The van der Waals surface area contributed by atoms with Crippen LogP contribution in [0.3, 0.4) is 0 Å². The minimum absolute atomic E-state index is 1.05. The van der Waals surface area contributed by atoms with Gasteiger partial charge >= 0.3 is 33.0 Å². The summed E-state index contributed by atoms with van der Waals surface area (Å²) in [4.78, 5) is 0. The molecule has 0 aliphatic rings. The molecule has 0 fully saturated rings. The molecule has 148 valence electrons. The third-order valence-corrected chi connectivity index (χ3v) is 3.32. The molecule has 1 nitrogen and oxygen atoms in total. The summed E-state index contributed by atoms with van der Waals surface area (Å²) in [6.07, 6.45) is 0. The van der Waals surface area contributed by atoms with Crippen LogP contribution < -0.4 is 5.32 Å². The van der Waals surface area contributed by atoms with Gasteiger partial charge in [-0.3, -0.25) is 0 Å². The van der Waals surface area contributed by atoms with Gasteiger partial charge in [0.1, 0.15) is 13.1 Å². The van der Waals surface area contributed by atoms with Gasteiger partial charge in [0.15, 0.2) is 0 Å². The Kier molecular flexibility index (Phi) is 6.22. The second-order valence-corrected chi connectivity index (χ2v) is 8.56. The number of rotatable bonds is 4. The number of hydrogen-bond donors (Lipinski definition) is 1. The number of halogens is 6. The number of hydrogen-bond acceptors (Lipinski definition) is 0. The topological polar surface area (TPSA) is 16.6 Å². The van der Waals surface area contributed by atoms with Crippen molar-refractivity contribution in [3.8, 4) is 0 Å². The molecule has 0 amide bonds. The van der Waals surface area contributed by atoms with Crippen molar-refractivity contribution in [2.24, 2.45) is 0 Å². The van der Waals surface area contributed by atoms with E-state index in [-0.39, 0.29) is 0 Å². The minimum atomic E-state index is -10.7. The zero-order valence-corrected chi connectivity index (χ0v) is 16.1. The fourth-order valence-corrected chi connectivity index (χ4v) is 2.78. The quantitative estimate of drug-likeness (QED) is 0.443. The van der Waals surface area contributed by atoms with Crippen molar-refractivity contribution in [3.63, 3.8) is 0 Å². The Hall–Kier alpha value is -1.59. The maximum atomic E-state index is 9.87. The van der Waals surface area contributed by atoms with Crippen LogP contribution in [0.1, 0.15) is 33.4 Å². The van der Waals surface area contributed by atoms with Crippen molar-refractivity contribution < 1.29 is 30.5 Å². The van der Waals surface area contributed by atoms with Gasteiger partial charge in [-0.2, -0.15) is 0 Å². The standard InChI is InChI=1S/C18H23N.F6P/c1-13-5-14(2)8-17(7-13)11-19-12-18-9-15(3)6-16(4)10-18;1-7(2,3,4,5)6/h5-10,19H,11-12H2,1-4H3;/q;-1/p+1.